The lowest BCUT2D eigenvalue weighted by Crippen LogP contribution is -2.34. The van der Waals surface area contributed by atoms with Gasteiger partial charge in [0, 0.05) is 31.7 Å². The highest BCUT2D eigenvalue weighted by atomic mass is 79.9. The molecule has 0 amide bonds. The Morgan fingerprint density at radius 1 is 1.15 bits per heavy atom. The molecule has 0 saturated carbocycles. The Morgan fingerprint density at radius 2 is 1.85 bits per heavy atom. The molecular weight excluding hydrogens is 502 g/mol. The zero-order valence-corrected chi connectivity index (χ0v) is 21.9. The van der Waals surface area contributed by atoms with Gasteiger partial charge in [-0.25, -0.2) is 8.42 Å². The molecule has 3 aromatic rings. The molecule has 0 atom stereocenters. The number of hydrogen-bond donors (Lipinski definition) is 0. The first kappa shape index (κ1) is 24.2. The highest BCUT2D eigenvalue weighted by Gasteiger charge is 2.27. The number of aryl methyl sites for hydroxylation is 1. The molecule has 0 N–H and O–H groups in total. The quantitative estimate of drug-likeness (QED) is 0.375. The van der Waals surface area contributed by atoms with Crippen LogP contribution in [0.1, 0.15) is 39.2 Å². The van der Waals surface area contributed by atoms with E-state index >= 15 is 0 Å². The van der Waals surface area contributed by atoms with Crippen LogP contribution in [-0.2, 0) is 27.7 Å². The van der Waals surface area contributed by atoms with E-state index in [2.05, 4.69) is 28.0 Å². The molecule has 0 unspecified atom stereocenters. The third-order valence-electron chi connectivity index (χ3n) is 6.20. The highest BCUT2D eigenvalue weighted by molar-refractivity contribution is 9.10. The summed E-state index contributed by atoms with van der Waals surface area (Å²) >= 11 is 3.56. The van der Waals surface area contributed by atoms with Crippen molar-refractivity contribution in [1.82, 2.24) is 9.78 Å². The van der Waals surface area contributed by atoms with Gasteiger partial charge in [0.25, 0.3) is 10.0 Å². The Bertz CT molecular complexity index is 1200. The average Bonchev–Trinajstić information content (AvgIpc) is 3.12. The van der Waals surface area contributed by atoms with Crippen molar-refractivity contribution in [2.24, 2.45) is 11.8 Å². The number of halogens is 1. The van der Waals surface area contributed by atoms with Gasteiger partial charge >= 0.3 is 0 Å². The third kappa shape index (κ3) is 5.28. The van der Waals surface area contributed by atoms with E-state index in [1.807, 2.05) is 48.9 Å². The van der Waals surface area contributed by atoms with Crippen LogP contribution in [0.25, 0.3) is 10.9 Å². The molecule has 1 aliphatic rings. The van der Waals surface area contributed by atoms with Crippen molar-refractivity contribution >= 4 is 42.5 Å². The molecule has 0 aliphatic carbocycles. The van der Waals surface area contributed by atoms with E-state index in [9.17, 15) is 8.42 Å². The number of fused-ring (bicyclic) bond motifs is 1. The molecule has 0 radical (unpaired) electrons. The van der Waals surface area contributed by atoms with Crippen molar-refractivity contribution in [2.45, 2.75) is 51.5 Å². The van der Waals surface area contributed by atoms with Crippen LogP contribution in [0.2, 0.25) is 0 Å². The van der Waals surface area contributed by atoms with Gasteiger partial charge < -0.3 is 4.74 Å². The van der Waals surface area contributed by atoms with Gasteiger partial charge in [0.1, 0.15) is 4.60 Å². The van der Waals surface area contributed by atoms with Gasteiger partial charge in [-0.2, -0.15) is 5.10 Å². The van der Waals surface area contributed by atoms with Gasteiger partial charge in [-0.15, -0.1) is 0 Å². The number of hydrogen-bond acceptors (Lipinski definition) is 4. The van der Waals surface area contributed by atoms with Crippen LogP contribution < -0.4 is 4.31 Å². The van der Waals surface area contributed by atoms with Crippen LogP contribution >= 0.6 is 15.9 Å². The minimum Gasteiger partial charge on any atom is -0.381 e. The molecule has 1 fully saturated rings. The molecule has 1 saturated heterocycles. The number of aromatic nitrogens is 2. The first-order valence-corrected chi connectivity index (χ1v) is 13.9. The Balaban J connectivity index is 1.69. The lowest BCUT2D eigenvalue weighted by Gasteiger charge is -2.26. The summed E-state index contributed by atoms with van der Waals surface area (Å²) < 4.78 is 37.2. The van der Waals surface area contributed by atoms with E-state index < -0.39 is 10.0 Å². The van der Waals surface area contributed by atoms with Gasteiger partial charge in [0.2, 0.25) is 0 Å². The number of anilines is 1. The van der Waals surface area contributed by atoms with Gasteiger partial charge in [-0.05, 0) is 82.9 Å². The molecule has 2 aromatic carbocycles. The summed E-state index contributed by atoms with van der Waals surface area (Å²) in [4.78, 5) is 0.279. The van der Waals surface area contributed by atoms with Crippen molar-refractivity contribution in [1.29, 1.82) is 0 Å². The molecule has 178 valence electrons. The molecule has 33 heavy (non-hydrogen) atoms. The minimum absolute atomic E-state index is 0.184. The Labute approximate surface area is 205 Å². The van der Waals surface area contributed by atoms with Crippen molar-refractivity contribution in [3.05, 3.63) is 52.6 Å². The van der Waals surface area contributed by atoms with Gasteiger partial charge in [0.15, 0.2) is 0 Å². The van der Waals surface area contributed by atoms with Crippen molar-refractivity contribution in [3.63, 3.8) is 0 Å². The van der Waals surface area contributed by atoms with Crippen LogP contribution in [-0.4, -0.2) is 38.0 Å². The first-order chi connectivity index (χ1) is 15.8. The maximum Gasteiger partial charge on any atom is 0.264 e. The fraction of sp³-hybridized carbons (Fsp3) is 0.480. The summed E-state index contributed by atoms with van der Waals surface area (Å²) in [7, 11) is -3.74. The van der Waals surface area contributed by atoms with Crippen LogP contribution in [0.15, 0.2) is 52.0 Å². The summed E-state index contributed by atoms with van der Waals surface area (Å²) in [6, 6.07) is 13.1. The van der Waals surface area contributed by atoms with Gasteiger partial charge in [0.05, 0.1) is 16.1 Å². The Morgan fingerprint density at radius 3 is 2.48 bits per heavy atom. The van der Waals surface area contributed by atoms with Crippen LogP contribution in [0, 0.1) is 11.8 Å². The largest absolute Gasteiger partial charge is 0.381 e. The lowest BCUT2D eigenvalue weighted by molar-refractivity contribution is 0.0605. The van der Waals surface area contributed by atoms with Crippen LogP contribution in [0.4, 0.5) is 5.69 Å². The fourth-order valence-electron chi connectivity index (χ4n) is 4.29. The highest BCUT2D eigenvalue weighted by Crippen LogP contribution is 2.31. The molecule has 1 aromatic heterocycles. The van der Waals surface area contributed by atoms with Crippen LogP contribution in [0.3, 0.4) is 0 Å². The van der Waals surface area contributed by atoms with E-state index in [-0.39, 0.29) is 10.8 Å². The molecule has 4 rings (SSSR count). The van der Waals surface area contributed by atoms with E-state index in [1.54, 1.807) is 12.1 Å². The second-order valence-electron chi connectivity index (χ2n) is 9.16. The monoisotopic (exact) mass is 533 g/mol. The second-order valence-corrected chi connectivity index (χ2v) is 11.8. The smallest absolute Gasteiger partial charge is 0.264 e. The Kier molecular flexibility index (Phi) is 7.46. The molecule has 0 spiro atoms. The van der Waals surface area contributed by atoms with E-state index in [0.29, 0.717) is 22.8 Å². The number of sulfonamides is 1. The fourth-order valence-corrected chi connectivity index (χ4v) is 6.46. The number of rotatable bonds is 8. The van der Waals surface area contributed by atoms with Crippen molar-refractivity contribution in [3.8, 4) is 0 Å². The maximum atomic E-state index is 13.8. The molecule has 0 bridgehead atoms. The molecule has 8 heteroatoms. The SMILES string of the molecule is CCc1ccc(N(CC(C)C)S(=O)(=O)c2ccc3c(c2)c(Br)nn3CC2CCOCC2)cc1. The number of benzene rings is 2. The zero-order chi connectivity index (χ0) is 23.6. The summed E-state index contributed by atoms with van der Waals surface area (Å²) in [6.07, 6.45) is 2.96. The molecule has 1 aliphatic heterocycles. The summed E-state index contributed by atoms with van der Waals surface area (Å²) in [5, 5.41) is 5.48. The predicted molar refractivity (Wildman–Crippen MR) is 136 cm³/mol. The summed E-state index contributed by atoms with van der Waals surface area (Å²) in [5.74, 6) is 0.702. The minimum atomic E-state index is -3.74. The molecular formula is C25H32BrN3O3S. The molecule has 6 nitrogen and oxygen atoms in total. The predicted octanol–water partition coefficient (Wildman–Crippen LogP) is 5.64. The number of nitrogens with zero attached hydrogens (tertiary/aromatic N) is 3. The normalized spacial score (nSPS) is 15.4. The lowest BCUT2D eigenvalue weighted by atomic mass is 10.0. The standard InChI is InChI=1S/C25H32BrN3O3S/c1-4-19-5-7-21(8-6-19)29(16-18(2)3)33(30,31)22-9-10-24-23(15-22)25(26)27-28(24)17-20-11-13-32-14-12-20/h5-10,15,18,20H,4,11-14,16-17H2,1-3H3. The second kappa shape index (κ2) is 10.2. The Hall–Kier alpha value is -1.90. The van der Waals surface area contributed by atoms with Gasteiger partial charge in [-0.3, -0.25) is 8.99 Å². The number of ether oxygens (including phenoxy) is 1. The third-order valence-corrected chi connectivity index (χ3v) is 8.58. The van der Waals surface area contributed by atoms with Crippen LogP contribution in [0.5, 0.6) is 0 Å². The van der Waals surface area contributed by atoms with E-state index in [0.717, 1.165) is 49.9 Å². The average molecular weight is 535 g/mol. The van der Waals surface area contributed by atoms with E-state index in [1.165, 1.54) is 9.87 Å². The van der Waals surface area contributed by atoms with E-state index in [4.69, 9.17) is 4.74 Å². The maximum absolute atomic E-state index is 13.8. The van der Waals surface area contributed by atoms with Crippen molar-refractivity contribution < 1.29 is 13.2 Å². The topological polar surface area (TPSA) is 64.4 Å². The summed E-state index contributed by atoms with van der Waals surface area (Å²) in [5.41, 5.74) is 2.81. The zero-order valence-electron chi connectivity index (χ0n) is 19.5. The molecule has 2 heterocycles. The van der Waals surface area contributed by atoms with Gasteiger partial charge in [-0.1, -0.05) is 32.9 Å². The summed E-state index contributed by atoms with van der Waals surface area (Å²) in [6.45, 7) is 8.95. The first-order valence-electron chi connectivity index (χ1n) is 11.6. The van der Waals surface area contributed by atoms with Crippen molar-refractivity contribution in [2.75, 3.05) is 24.1 Å².